The molecule has 0 fully saturated rings. The van der Waals surface area contributed by atoms with Gasteiger partial charge in [0.25, 0.3) is 5.91 Å². The minimum Gasteiger partial charge on any atom is -0.497 e. The summed E-state index contributed by atoms with van der Waals surface area (Å²) in [6, 6.07) is 12.2. The Morgan fingerprint density at radius 1 is 1.06 bits per heavy atom. The number of sulfone groups is 1. The van der Waals surface area contributed by atoms with E-state index in [2.05, 4.69) is 20.9 Å². The Labute approximate surface area is 200 Å². The van der Waals surface area contributed by atoms with E-state index in [1.807, 2.05) is 6.07 Å². The van der Waals surface area contributed by atoms with Gasteiger partial charge in [0.1, 0.15) is 5.75 Å². The lowest BCUT2D eigenvalue weighted by Gasteiger charge is -2.13. The smallest absolute Gasteiger partial charge is 0.251 e. The van der Waals surface area contributed by atoms with Crippen molar-refractivity contribution in [3.63, 3.8) is 0 Å². The van der Waals surface area contributed by atoms with E-state index in [-0.39, 0.29) is 29.9 Å². The van der Waals surface area contributed by atoms with E-state index in [0.717, 1.165) is 5.56 Å². The standard InChI is InChI=1S/C21H28N4O4S.HI/c1-15-12-16(8-9-19(15)30(4,27)28)14-25-21(22-2)24-11-10-23-20(26)17-6-5-7-18(13-17)29-3;/h5-9,12-13H,10-11,14H2,1-4H3,(H,23,26)(H2,22,24,25);1H. The van der Waals surface area contributed by atoms with Crippen LogP contribution >= 0.6 is 24.0 Å². The number of methoxy groups -OCH3 is 1. The van der Waals surface area contributed by atoms with E-state index in [4.69, 9.17) is 4.74 Å². The fraction of sp³-hybridized carbons (Fsp3) is 0.333. The number of guanidine groups is 1. The van der Waals surface area contributed by atoms with Crippen molar-refractivity contribution in [1.29, 1.82) is 0 Å². The molecule has 0 saturated carbocycles. The molecule has 8 nitrogen and oxygen atoms in total. The Kier molecular flexibility index (Phi) is 10.8. The lowest BCUT2D eigenvalue weighted by molar-refractivity contribution is 0.0954. The number of amides is 1. The summed E-state index contributed by atoms with van der Waals surface area (Å²) in [6.07, 6.45) is 1.20. The molecule has 0 atom stereocenters. The maximum absolute atomic E-state index is 12.2. The molecule has 0 aromatic heterocycles. The quantitative estimate of drug-likeness (QED) is 0.198. The van der Waals surface area contributed by atoms with Gasteiger partial charge < -0.3 is 20.7 Å². The molecule has 170 valence electrons. The van der Waals surface area contributed by atoms with Crippen LogP contribution in [0, 0.1) is 6.92 Å². The van der Waals surface area contributed by atoms with Crippen LogP contribution in [-0.4, -0.2) is 53.8 Å². The third kappa shape index (κ3) is 8.37. The number of hydrogen-bond donors (Lipinski definition) is 3. The highest BCUT2D eigenvalue weighted by Gasteiger charge is 2.11. The summed E-state index contributed by atoms with van der Waals surface area (Å²) in [5.41, 5.74) is 2.18. The monoisotopic (exact) mass is 560 g/mol. The average Bonchev–Trinajstić information content (AvgIpc) is 2.72. The molecule has 0 heterocycles. The van der Waals surface area contributed by atoms with Crippen LogP contribution in [0.25, 0.3) is 0 Å². The topological polar surface area (TPSA) is 109 Å². The Balaban J connectivity index is 0.00000480. The molecule has 0 radical (unpaired) electrons. The van der Waals surface area contributed by atoms with E-state index in [9.17, 15) is 13.2 Å². The predicted octanol–water partition coefficient (Wildman–Crippen LogP) is 2.12. The normalized spacial score (nSPS) is 11.3. The Morgan fingerprint density at radius 2 is 1.77 bits per heavy atom. The summed E-state index contributed by atoms with van der Waals surface area (Å²) < 4.78 is 28.6. The minimum atomic E-state index is -3.23. The molecule has 2 aromatic rings. The zero-order valence-corrected chi connectivity index (χ0v) is 21.2. The summed E-state index contributed by atoms with van der Waals surface area (Å²) in [4.78, 5) is 16.7. The van der Waals surface area contributed by atoms with Crippen molar-refractivity contribution in [3.05, 3.63) is 59.2 Å². The van der Waals surface area contributed by atoms with Crippen LogP contribution in [0.2, 0.25) is 0 Å². The van der Waals surface area contributed by atoms with Crippen LogP contribution in [-0.2, 0) is 16.4 Å². The first-order chi connectivity index (χ1) is 14.2. The van der Waals surface area contributed by atoms with Gasteiger partial charge in [-0.15, -0.1) is 24.0 Å². The summed E-state index contributed by atoms with van der Waals surface area (Å²) >= 11 is 0. The third-order valence-electron chi connectivity index (χ3n) is 4.36. The minimum absolute atomic E-state index is 0. The van der Waals surface area contributed by atoms with Crippen molar-refractivity contribution in [1.82, 2.24) is 16.0 Å². The van der Waals surface area contributed by atoms with Crippen molar-refractivity contribution < 1.29 is 17.9 Å². The van der Waals surface area contributed by atoms with Crippen molar-refractivity contribution in [2.24, 2.45) is 4.99 Å². The van der Waals surface area contributed by atoms with Gasteiger partial charge in [-0.05, 0) is 42.3 Å². The number of nitrogens with zero attached hydrogens (tertiary/aromatic N) is 1. The zero-order valence-electron chi connectivity index (χ0n) is 18.1. The fourth-order valence-corrected chi connectivity index (χ4v) is 3.83. The Morgan fingerprint density at radius 3 is 2.39 bits per heavy atom. The van der Waals surface area contributed by atoms with Crippen LogP contribution in [0.1, 0.15) is 21.5 Å². The summed E-state index contributed by atoms with van der Waals surface area (Å²) in [5, 5.41) is 9.12. The molecule has 0 spiro atoms. The molecule has 0 aliphatic carbocycles. The molecule has 0 saturated heterocycles. The van der Waals surface area contributed by atoms with Crippen LogP contribution in [0.3, 0.4) is 0 Å². The molecular formula is C21H29IN4O4S. The number of aliphatic imine (C=N–C) groups is 1. The van der Waals surface area contributed by atoms with Crippen LogP contribution in [0.5, 0.6) is 5.75 Å². The van der Waals surface area contributed by atoms with Gasteiger partial charge in [-0.2, -0.15) is 0 Å². The highest BCUT2D eigenvalue weighted by atomic mass is 127. The maximum atomic E-state index is 12.2. The number of carbonyl (C=O) groups excluding carboxylic acids is 1. The second kappa shape index (κ2) is 12.5. The first-order valence-electron chi connectivity index (χ1n) is 9.41. The number of ether oxygens (including phenoxy) is 1. The van der Waals surface area contributed by atoms with Crippen LogP contribution in [0.4, 0.5) is 0 Å². The maximum Gasteiger partial charge on any atom is 0.251 e. The van der Waals surface area contributed by atoms with Crippen LogP contribution in [0.15, 0.2) is 52.4 Å². The molecule has 1 amide bonds. The van der Waals surface area contributed by atoms with E-state index in [1.54, 1.807) is 57.5 Å². The molecule has 31 heavy (non-hydrogen) atoms. The van der Waals surface area contributed by atoms with Crippen molar-refractivity contribution in [2.45, 2.75) is 18.4 Å². The predicted molar refractivity (Wildman–Crippen MR) is 133 cm³/mol. The van der Waals surface area contributed by atoms with E-state index < -0.39 is 9.84 Å². The first kappa shape index (κ1) is 26.7. The molecule has 0 unspecified atom stereocenters. The SMILES string of the molecule is CN=C(NCCNC(=O)c1cccc(OC)c1)NCc1ccc(S(C)(=O)=O)c(C)c1.I. The summed E-state index contributed by atoms with van der Waals surface area (Å²) in [5.74, 6) is 1.03. The van der Waals surface area contributed by atoms with E-state index in [0.29, 0.717) is 47.4 Å². The fourth-order valence-electron chi connectivity index (χ4n) is 2.87. The highest BCUT2D eigenvalue weighted by Crippen LogP contribution is 2.16. The van der Waals surface area contributed by atoms with Gasteiger partial charge in [0.2, 0.25) is 0 Å². The van der Waals surface area contributed by atoms with E-state index in [1.165, 1.54) is 6.26 Å². The lowest BCUT2D eigenvalue weighted by Crippen LogP contribution is -2.41. The molecule has 0 aliphatic heterocycles. The van der Waals surface area contributed by atoms with E-state index >= 15 is 0 Å². The van der Waals surface area contributed by atoms with Crippen molar-refractivity contribution >= 4 is 45.7 Å². The van der Waals surface area contributed by atoms with Gasteiger partial charge in [-0.25, -0.2) is 8.42 Å². The largest absolute Gasteiger partial charge is 0.497 e. The molecule has 10 heteroatoms. The number of rotatable bonds is 8. The highest BCUT2D eigenvalue weighted by molar-refractivity contribution is 14.0. The summed E-state index contributed by atoms with van der Waals surface area (Å²) in [7, 11) is -0.0189. The first-order valence-corrected chi connectivity index (χ1v) is 11.3. The van der Waals surface area contributed by atoms with Crippen molar-refractivity contribution in [2.75, 3.05) is 33.5 Å². The number of benzene rings is 2. The molecular weight excluding hydrogens is 531 g/mol. The number of hydrogen-bond acceptors (Lipinski definition) is 5. The van der Waals surface area contributed by atoms with Gasteiger partial charge in [-0.3, -0.25) is 9.79 Å². The van der Waals surface area contributed by atoms with Crippen LogP contribution < -0.4 is 20.7 Å². The number of aryl methyl sites for hydroxylation is 1. The zero-order chi connectivity index (χ0) is 22.1. The summed E-state index contributed by atoms with van der Waals surface area (Å²) in [6.45, 7) is 3.17. The molecule has 2 aromatic carbocycles. The Bertz CT molecular complexity index is 1030. The average molecular weight is 560 g/mol. The number of nitrogens with one attached hydrogen (secondary N) is 3. The van der Waals surface area contributed by atoms with Gasteiger partial charge in [-0.1, -0.05) is 18.2 Å². The third-order valence-corrected chi connectivity index (χ3v) is 5.61. The van der Waals surface area contributed by atoms with Crippen molar-refractivity contribution in [3.8, 4) is 5.75 Å². The molecule has 0 bridgehead atoms. The van der Waals surface area contributed by atoms with Gasteiger partial charge in [0.15, 0.2) is 15.8 Å². The lowest BCUT2D eigenvalue weighted by atomic mass is 10.1. The van der Waals surface area contributed by atoms with Gasteiger partial charge in [0.05, 0.1) is 12.0 Å². The molecule has 2 rings (SSSR count). The second-order valence-electron chi connectivity index (χ2n) is 6.71. The number of carbonyl (C=O) groups is 1. The van der Waals surface area contributed by atoms with Gasteiger partial charge in [0, 0.05) is 38.5 Å². The Hall–Kier alpha value is -2.34. The second-order valence-corrected chi connectivity index (χ2v) is 8.70. The molecule has 3 N–H and O–H groups in total. The number of halogens is 1. The molecule has 0 aliphatic rings. The van der Waals surface area contributed by atoms with Gasteiger partial charge >= 0.3 is 0 Å².